The summed E-state index contributed by atoms with van der Waals surface area (Å²) in [5.41, 5.74) is 0.531. The molecule has 0 unspecified atom stereocenters. The van der Waals surface area contributed by atoms with E-state index in [1.54, 1.807) is 35.4 Å². The van der Waals surface area contributed by atoms with Gasteiger partial charge in [0.15, 0.2) is 0 Å². The highest BCUT2D eigenvalue weighted by molar-refractivity contribution is 5.94. The fraction of sp³-hybridized carbons (Fsp3) is 0.556. The minimum atomic E-state index is -0.140. The zero-order valence-electron chi connectivity index (χ0n) is 14.8. The summed E-state index contributed by atoms with van der Waals surface area (Å²) in [6.07, 6.45) is 9.86. The number of aromatic nitrogens is 4. The minimum Gasteiger partial charge on any atom is -0.474 e. The first kappa shape index (κ1) is 17.4. The molecule has 1 saturated carbocycles. The van der Waals surface area contributed by atoms with Gasteiger partial charge in [0, 0.05) is 18.5 Å². The van der Waals surface area contributed by atoms with Crippen LogP contribution in [0.15, 0.2) is 30.7 Å². The van der Waals surface area contributed by atoms with Gasteiger partial charge in [-0.2, -0.15) is 0 Å². The fourth-order valence-corrected chi connectivity index (χ4v) is 2.97. The van der Waals surface area contributed by atoms with E-state index in [4.69, 9.17) is 4.74 Å². The molecule has 2 heterocycles. The largest absolute Gasteiger partial charge is 0.474 e. The predicted molar refractivity (Wildman–Crippen MR) is 93.2 cm³/mol. The van der Waals surface area contributed by atoms with Crippen molar-refractivity contribution in [2.24, 2.45) is 5.92 Å². The predicted octanol–water partition coefficient (Wildman–Crippen LogP) is 2.45. The van der Waals surface area contributed by atoms with E-state index in [1.807, 2.05) is 0 Å². The summed E-state index contributed by atoms with van der Waals surface area (Å²) in [6.45, 7) is 4.72. The minimum absolute atomic E-state index is 0.0383. The van der Waals surface area contributed by atoms with Crippen molar-refractivity contribution in [1.29, 1.82) is 0 Å². The Balaban J connectivity index is 1.59. The van der Waals surface area contributed by atoms with Gasteiger partial charge in [-0.15, -0.1) is 5.10 Å². The Morgan fingerprint density at radius 2 is 2.16 bits per heavy atom. The van der Waals surface area contributed by atoms with Crippen LogP contribution in [0.2, 0.25) is 0 Å². The lowest BCUT2D eigenvalue weighted by molar-refractivity contribution is 0.0918. The monoisotopic (exact) mass is 343 g/mol. The summed E-state index contributed by atoms with van der Waals surface area (Å²) in [6, 6.07) is 3.50. The second-order valence-corrected chi connectivity index (χ2v) is 6.86. The van der Waals surface area contributed by atoms with E-state index in [-0.39, 0.29) is 24.0 Å². The smallest absolute Gasteiger partial charge is 0.253 e. The Morgan fingerprint density at radius 3 is 2.76 bits per heavy atom. The molecular weight excluding hydrogens is 318 g/mol. The molecular formula is C18H25N5O2. The molecule has 0 aliphatic heterocycles. The number of ether oxygens (including phenoxy) is 1. The van der Waals surface area contributed by atoms with E-state index >= 15 is 0 Å². The van der Waals surface area contributed by atoms with Crippen molar-refractivity contribution in [2.75, 3.05) is 0 Å². The molecule has 25 heavy (non-hydrogen) atoms. The number of amides is 1. The third kappa shape index (κ3) is 4.78. The van der Waals surface area contributed by atoms with Crippen molar-refractivity contribution < 1.29 is 9.53 Å². The summed E-state index contributed by atoms with van der Waals surface area (Å²) in [7, 11) is 0. The maximum absolute atomic E-state index is 12.5. The number of rotatable bonds is 7. The van der Waals surface area contributed by atoms with Crippen molar-refractivity contribution in [2.45, 2.75) is 58.2 Å². The molecule has 7 nitrogen and oxygen atoms in total. The van der Waals surface area contributed by atoms with Crippen LogP contribution in [0.5, 0.6) is 5.88 Å². The molecule has 1 amide bonds. The van der Waals surface area contributed by atoms with Gasteiger partial charge in [0.2, 0.25) is 5.88 Å². The maximum Gasteiger partial charge on any atom is 0.253 e. The molecule has 2 aromatic heterocycles. The number of nitrogens with zero attached hydrogens (tertiary/aromatic N) is 4. The molecule has 0 saturated heterocycles. The Hall–Kier alpha value is -2.44. The standard InChI is InChI=1S/C18H25N5O2/c1-13(2)16(12-23-10-9-20-22-23)21-18(24)14-7-8-17(19-11-14)25-15-5-3-4-6-15/h7-11,13,15-16H,3-6,12H2,1-2H3,(H,21,24)/t16-/m0/s1. The average Bonchev–Trinajstić information content (AvgIpc) is 3.28. The van der Waals surface area contributed by atoms with E-state index in [9.17, 15) is 4.79 Å². The quantitative estimate of drug-likeness (QED) is 0.835. The van der Waals surface area contributed by atoms with Crippen LogP contribution < -0.4 is 10.1 Å². The summed E-state index contributed by atoms with van der Waals surface area (Å²) in [4.78, 5) is 16.8. The molecule has 0 aromatic carbocycles. The molecule has 0 bridgehead atoms. The van der Waals surface area contributed by atoms with Crippen LogP contribution in [0, 0.1) is 5.92 Å². The van der Waals surface area contributed by atoms with Crippen molar-refractivity contribution in [3.63, 3.8) is 0 Å². The van der Waals surface area contributed by atoms with Gasteiger partial charge < -0.3 is 10.1 Å². The second kappa shape index (κ2) is 8.09. The topological polar surface area (TPSA) is 81.9 Å². The van der Waals surface area contributed by atoms with Crippen molar-refractivity contribution >= 4 is 5.91 Å². The summed E-state index contributed by atoms with van der Waals surface area (Å²) < 4.78 is 7.56. The van der Waals surface area contributed by atoms with Crippen molar-refractivity contribution in [1.82, 2.24) is 25.3 Å². The lowest BCUT2D eigenvalue weighted by Crippen LogP contribution is -2.41. The highest BCUT2D eigenvalue weighted by Gasteiger charge is 2.20. The highest BCUT2D eigenvalue weighted by Crippen LogP contribution is 2.22. The molecule has 3 rings (SSSR count). The van der Waals surface area contributed by atoms with E-state index in [2.05, 4.69) is 34.5 Å². The van der Waals surface area contributed by atoms with Gasteiger partial charge in [0.05, 0.1) is 24.3 Å². The van der Waals surface area contributed by atoms with Gasteiger partial charge in [-0.1, -0.05) is 19.1 Å². The average molecular weight is 343 g/mol. The van der Waals surface area contributed by atoms with Crippen LogP contribution in [0.25, 0.3) is 0 Å². The van der Waals surface area contributed by atoms with Crippen molar-refractivity contribution in [3.05, 3.63) is 36.3 Å². The van der Waals surface area contributed by atoms with E-state index < -0.39 is 0 Å². The Kier molecular flexibility index (Phi) is 5.63. The molecule has 7 heteroatoms. The Labute approximate surface area is 147 Å². The van der Waals surface area contributed by atoms with E-state index in [1.165, 1.54) is 12.8 Å². The Bertz CT molecular complexity index is 663. The first-order chi connectivity index (χ1) is 12.1. The van der Waals surface area contributed by atoms with Gasteiger partial charge in [0.1, 0.15) is 6.10 Å². The van der Waals surface area contributed by atoms with Gasteiger partial charge >= 0.3 is 0 Å². The van der Waals surface area contributed by atoms with Gasteiger partial charge in [0.25, 0.3) is 5.91 Å². The van der Waals surface area contributed by atoms with Crippen LogP contribution in [0.4, 0.5) is 0 Å². The highest BCUT2D eigenvalue weighted by atomic mass is 16.5. The molecule has 0 radical (unpaired) electrons. The zero-order chi connectivity index (χ0) is 17.6. The van der Waals surface area contributed by atoms with Gasteiger partial charge in [-0.3, -0.25) is 9.48 Å². The summed E-state index contributed by atoms with van der Waals surface area (Å²) in [5, 5.41) is 10.8. The van der Waals surface area contributed by atoms with Crippen LogP contribution >= 0.6 is 0 Å². The van der Waals surface area contributed by atoms with Crippen LogP contribution in [-0.4, -0.2) is 38.0 Å². The maximum atomic E-state index is 12.5. The molecule has 1 aliphatic carbocycles. The first-order valence-corrected chi connectivity index (χ1v) is 8.89. The first-order valence-electron chi connectivity index (χ1n) is 8.89. The normalized spacial score (nSPS) is 16.1. The Morgan fingerprint density at radius 1 is 1.36 bits per heavy atom. The van der Waals surface area contributed by atoms with Gasteiger partial charge in [-0.25, -0.2) is 4.98 Å². The van der Waals surface area contributed by atoms with E-state index in [0.29, 0.717) is 18.0 Å². The number of hydrogen-bond acceptors (Lipinski definition) is 5. The molecule has 1 aliphatic rings. The number of carbonyl (C=O) groups is 1. The SMILES string of the molecule is CC(C)[C@H](Cn1ccnn1)NC(=O)c1ccc(OC2CCCC2)nc1. The number of hydrogen-bond donors (Lipinski definition) is 1. The second-order valence-electron chi connectivity index (χ2n) is 6.86. The molecule has 1 N–H and O–H groups in total. The molecule has 1 atom stereocenters. The van der Waals surface area contributed by atoms with Gasteiger partial charge in [-0.05, 0) is 37.7 Å². The van der Waals surface area contributed by atoms with Crippen LogP contribution in [0.1, 0.15) is 49.9 Å². The van der Waals surface area contributed by atoms with Crippen molar-refractivity contribution in [3.8, 4) is 5.88 Å². The van der Waals surface area contributed by atoms with Crippen LogP contribution in [-0.2, 0) is 6.54 Å². The summed E-state index contributed by atoms with van der Waals surface area (Å²) >= 11 is 0. The molecule has 1 fully saturated rings. The number of carbonyl (C=O) groups excluding carboxylic acids is 1. The number of nitrogens with one attached hydrogen (secondary N) is 1. The number of pyridine rings is 1. The lowest BCUT2D eigenvalue weighted by Gasteiger charge is -2.22. The lowest BCUT2D eigenvalue weighted by atomic mass is 10.0. The zero-order valence-corrected chi connectivity index (χ0v) is 14.8. The third-order valence-electron chi connectivity index (χ3n) is 4.57. The fourth-order valence-electron chi connectivity index (χ4n) is 2.97. The molecule has 0 spiro atoms. The van der Waals surface area contributed by atoms with E-state index in [0.717, 1.165) is 12.8 Å². The molecule has 134 valence electrons. The third-order valence-corrected chi connectivity index (χ3v) is 4.57. The molecule has 2 aromatic rings. The summed E-state index contributed by atoms with van der Waals surface area (Å²) in [5.74, 6) is 0.719. The van der Waals surface area contributed by atoms with Crippen LogP contribution in [0.3, 0.4) is 0 Å².